The molecule has 2 aromatic rings. The van der Waals surface area contributed by atoms with Crippen LogP contribution in [0.3, 0.4) is 0 Å². The molecular formula is C20H21NO7. The molecule has 148 valence electrons. The maximum atomic E-state index is 12.4. The molecule has 0 bridgehead atoms. The van der Waals surface area contributed by atoms with Gasteiger partial charge in [-0.2, -0.15) is 0 Å². The van der Waals surface area contributed by atoms with Gasteiger partial charge in [-0.3, -0.25) is 14.9 Å². The van der Waals surface area contributed by atoms with Crippen LogP contribution in [0.15, 0.2) is 42.5 Å². The number of ether oxygens (including phenoxy) is 3. The Bertz CT molecular complexity index is 861. The molecule has 2 rings (SSSR count). The summed E-state index contributed by atoms with van der Waals surface area (Å²) in [5.74, 6) is -0.539. The van der Waals surface area contributed by atoms with E-state index in [1.165, 1.54) is 19.1 Å². The largest absolute Gasteiger partial charge is 0.494 e. The molecule has 0 radical (unpaired) electrons. The number of carbonyl (C=O) groups is 2. The number of nitro groups is 1. The Kier molecular flexibility index (Phi) is 7.08. The summed E-state index contributed by atoms with van der Waals surface area (Å²) >= 11 is 0. The third kappa shape index (κ3) is 5.06. The molecule has 0 saturated heterocycles. The highest BCUT2D eigenvalue weighted by atomic mass is 16.6. The molecule has 0 aliphatic rings. The van der Waals surface area contributed by atoms with E-state index in [0.29, 0.717) is 17.9 Å². The van der Waals surface area contributed by atoms with Crippen molar-refractivity contribution in [2.24, 2.45) is 0 Å². The van der Waals surface area contributed by atoms with Crippen LogP contribution in [-0.4, -0.2) is 36.0 Å². The van der Waals surface area contributed by atoms with Crippen LogP contribution < -0.4 is 9.47 Å². The van der Waals surface area contributed by atoms with Crippen molar-refractivity contribution in [3.8, 4) is 11.5 Å². The first-order chi connectivity index (χ1) is 13.4. The second kappa shape index (κ2) is 9.50. The lowest BCUT2D eigenvalue weighted by atomic mass is 10.1. The third-order valence-electron chi connectivity index (χ3n) is 3.79. The molecule has 0 aromatic heterocycles. The topological polar surface area (TPSA) is 105 Å². The van der Waals surface area contributed by atoms with E-state index in [1.807, 2.05) is 6.92 Å². The summed E-state index contributed by atoms with van der Waals surface area (Å²) < 4.78 is 15.7. The van der Waals surface area contributed by atoms with Crippen molar-refractivity contribution in [3.05, 3.63) is 63.7 Å². The molecule has 0 amide bonds. The van der Waals surface area contributed by atoms with E-state index in [1.54, 1.807) is 31.2 Å². The summed E-state index contributed by atoms with van der Waals surface area (Å²) in [4.78, 5) is 35.3. The average Bonchev–Trinajstić information content (AvgIpc) is 2.68. The van der Waals surface area contributed by atoms with Crippen LogP contribution in [0, 0.1) is 10.1 Å². The molecule has 0 fully saturated rings. The average molecular weight is 387 g/mol. The number of esters is 1. The predicted molar refractivity (Wildman–Crippen MR) is 101 cm³/mol. The van der Waals surface area contributed by atoms with Crippen molar-refractivity contribution in [2.75, 3.05) is 13.2 Å². The van der Waals surface area contributed by atoms with E-state index in [4.69, 9.17) is 14.2 Å². The minimum absolute atomic E-state index is 0.0403. The molecule has 28 heavy (non-hydrogen) atoms. The van der Waals surface area contributed by atoms with Gasteiger partial charge >= 0.3 is 11.7 Å². The van der Waals surface area contributed by atoms with Crippen molar-refractivity contribution < 1.29 is 28.7 Å². The number of nitro benzene ring substituents is 1. The number of benzene rings is 2. The molecule has 0 heterocycles. The lowest BCUT2D eigenvalue weighted by molar-refractivity contribution is -0.385. The molecule has 0 aliphatic carbocycles. The molecule has 0 saturated carbocycles. The number of hydrogen-bond acceptors (Lipinski definition) is 7. The molecule has 1 atom stereocenters. The summed E-state index contributed by atoms with van der Waals surface area (Å²) in [6.07, 6.45) is -1.06. The Morgan fingerprint density at radius 2 is 1.61 bits per heavy atom. The standard InChI is InChI=1S/C20H21NO7/c1-4-26-16-9-6-14(7-10-16)19(22)13(3)28-20(23)15-8-11-18(27-5-2)17(12-15)21(24)25/h6-13H,4-5H2,1-3H3/t13-/m0/s1. The fourth-order valence-electron chi connectivity index (χ4n) is 2.46. The summed E-state index contributed by atoms with van der Waals surface area (Å²) in [6.45, 7) is 5.75. The molecule has 0 unspecified atom stereocenters. The van der Waals surface area contributed by atoms with Crippen LogP contribution in [0.25, 0.3) is 0 Å². The van der Waals surface area contributed by atoms with E-state index in [-0.39, 0.29) is 23.6 Å². The number of ketones is 1. The molecule has 8 nitrogen and oxygen atoms in total. The van der Waals surface area contributed by atoms with Crippen LogP contribution in [0.1, 0.15) is 41.5 Å². The van der Waals surface area contributed by atoms with Crippen molar-refractivity contribution in [2.45, 2.75) is 26.9 Å². The highest BCUT2D eigenvalue weighted by molar-refractivity contribution is 6.01. The highest BCUT2D eigenvalue weighted by Crippen LogP contribution is 2.28. The summed E-state index contributed by atoms with van der Waals surface area (Å²) in [7, 11) is 0. The highest BCUT2D eigenvalue weighted by Gasteiger charge is 2.23. The van der Waals surface area contributed by atoms with Gasteiger partial charge in [-0.1, -0.05) is 0 Å². The van der Waals surface area contributed by atoms with E-state index >= 15 is 0 Å². The quantitative estimate of drug-likeness (QED) is 0.279. The number of nitrogens with zero attached hydrogens (tertiary/aromatic N) is 1. The fourth-order valence-corrected chi connectivity index (χ4v) is 2.46. The summed E-state index contributed by atoms with van der Waals surface area (Å²) in [5.41, 5.74) is -0.0234. The van der Waals surface area contributed by atoms with Gasteiger partial charge in [0.25, 0.3) is 0 Å². The Morgan fingerprint density at radius 1 is 1.00 bits per heavy atom. The zero-order valence-corrected chi connectivity index (χ0v) is 15.8. The van der Waals surface area contributed by atoms with Crippen LogP contribution in [-0.2, 0) is 4.74 Å². The third-order valence-corrected chi connectivity index (χ3v) is 3.79. The lowest BCUT2D eigenvalue weighted by Gasteiger charge is -2.13. The van der Waals surface area contributed by atoms with Gasteiger partial charge in [0.05, 0.1) is 23.7 Å². The van der Waals surface area contributed by atoms with Gasteiger partial charge in [0.15, 0.2) is 11.9 Å². The van der Waals surface area contributed by atoms with Gasteiger partial charge in [-0.15, -0.1) is 0 Å². The molecule has 0 aliphatic heterocycles. The number of hydrogen-bond donors (Lipinski definition) is 0. The molecular weight excluding hydrogens is 366 g/mol. The minimum atomic E-state index is -1.06. The first kappa shape index (κ1) is 20.9. The van der Waals surface area contributed by atoms with E-state index in [0.717, 1.165) is 6.07 Å². The predicted octanol–water partition coefficient (Wildman–Crippen LogP) is 3.82. The van der Waals surface area contributed by atoms with Gasteiger partial charge in [-0.05, 0) is 57.2 Å². The maximum Gasteiger partial charge on any atom is 0.339 e. The minimum Gasteiger partial charge on any atom is -0.494 e. The van der Waals surface area contributed by atoms with Crippen molar-refractivity contribution in [3.63, 3.8) is 0 Å². The maximum absolute atomic E-state index is 12.4. The summed E-state index contributed by atoms with van der Waals surface area (Å²) in [5, 5.41) is 11.2. The summed E-state index contributed by atoms with van der Waals surface area (Å²) in [6, 6.07) is 10.2. The normalized spacial score (nSPS) is 11.4. The van der Waals surface area contributed by atoms with Gasteiger partial charge in [-0.25, -0.2) is 4.79 Å². The second-order valence-electron chi connectivity index (χ2n) is 5.74. The Balaban J connectivity index is 2.11. The first-order valence-corrected chi connectivity index (χ1v) is 8.76. The molecule has 2 aromatic carbocycles. The van der Waals surface area contributed by atoms with Crippen LogP contribution in [0.4, 0.5) is 5.69 Å². The molecule has 0 spiro atoms. The monoisotopic (exact) mass is 387 g/mol. The number of carbonyl (C=O) groups excluding carboxylic acids is 2. The SMILES string of the molecule is CCOc1ccc(C(=O)[C@H](C)OC(=O)c2ccc(OCC)c([N+](=O)[O-])c2)cc1. The Hall–Kier alpha value is -3.42. The van der Waals surface area contributed by atoms with Crippen LogP contribution in [0.2, 0.25) is 0 Å². The van der Waals surface area contributed by atoms with Gasteiger partial charge in [0.1, 0.15) is 5.75 Å². The van der Waals surface area contributed by atoms with Gasteiger partial charge in [0, 0.05) is 11.6 Å². The van der Waals surface area contributed by atoms with Crippen molar-refractivity contribution >= 4 is 17.4 Å². The second-order valence-corrected chi connectivity index (χ2v) is 5.74. The molecule has 0 N–H and O–H groups in total. The first-order valence-electron chi connectivity index (χ1n) is 8.76. The smallest absolute Gasteiger partial charge is 0.339 e. The van der Waals surface area contributed by atoms with Crippen LogP contribution in [0.5, 0.6) is 11.5 Å². The Morgan fingerprint density at radius 3 is 2.18 bits per heavy atom. The van der Waals surface area contributed by atoms with Crippen molar-refractivity contribution in [1.29, 1.82) is 0 Å². The zero-order chi connectivity index (χ0) is 20.7. The van der Waals surface area contributed by atoms with E-state index in [2.05, 4.69) is 0 Å². The van der Waals surface area contributed by atoms with E-state index < -0.39 is 22.8 Å². The zero-order valence-electron chi connectivity index (χ0n) is 15.8. The Labute approximate surface area is 162 Å². The van der Waals surface area contributed by atoms with Gasteiger partial charge < -0.3 is 14.2 Å². The lowest BCUT2D eigenvalue weighted by Crippen LogP contribution is -2.24. The number of rotatable bonds is 9. The van der Waals surface area contributed by atoms with E-state index in [9.17, 15) is 19.7 Å². The fraction of sp³-hybridized carbons (Fsp3) is 0.300. The number of Topliss-reactive ketones (excluding diaryl/α,β-unsaturated/α-hetero) is 1. The van der Waals surface area contributed by atoms with Crippen molar-refractivity contribution in [1.82, 2.24) is 0 Å². The molecule has 8 heteroatoms. The van der Waals surface area contributed by atoms with Gasteiger partial charge in [0.2, 0.25) is 5.78 Å². The van der Waals surface area contributed by atoms with Crippen LogP contribution >= 0.6 is 0 Å².